The number of hydrogen-bond acceptors (Lipinski definition) is 8. The van der Waals surface area contributed by atoms with Crippen molar-refractivity contribution < 1.29 is 36.0 Å². The molecule has 0 aliphatic carbocycles. The van der Waals surface area contributed by atoms with Gasteiger partial charge >= 0.3 is 211 Å². The van der Waals surface area contributed by atoms with Crippen LogP contribution < -0.4 is 38.2 Å². The van der Waals surface area contributed by atoms with Crippen LogP contribution in [0.2, 0.25) is 0 Å². The Labute approximate surface area is 210 Å². The van der Waals surface area contributed by atoms with Crippen LogP contribution in [-0.4, -0.2) is 69.3 Å². The van der Waals surface area contributed by atoms with Gasteiger partial charge < -0.3 is 0 Å². The van der Waals surface area contributed by atoms with E-state index in [4.69, 9.17) is 31.2 Å². The molecule has 0 amide bonds. The molecule has 0 bridgehead atoms. The number of carbonyl (C=O) groups excluding carboxylic acids is 1. The average molecular weight is 681 g/mol. The summed E-state index contributed by atoms with van der Waals surface area (Å²) in [4.78, 5) is 12.7. The first-order valence-electron chi connectivity index (χ1n) is 10.8. The van der Waals surface area contributed by atoms with E-state index in [0.29, 0.717) is 34.5 Å². The molecule has 9 heteroatoms. The number of hydrogen-bond donors (Lipinski definition) is 0. The molecule has 3 aromatic carbocycles. The number of carbonyl (C=O) groups is 1. The molecular formula is C26H31BiO8. The van der Waals surface area contributed by atoms with Crippen LogP contribution in [0.25, 0.3) is 0 Å². The van der Waals surface area contributed by atoms with Gasteiger partial charge in [0.2, 0.25) is 0 Å². The fourth-order valence-corrected chi connectivity index (χ4v) is 18.6. The van der Waals surface area contributed by atoms with Crippen molar-refractivity contribution in [2.45, 2.75) is 6.92 Å². The molecule has 0 saturated carbocycles. The Kier molecular flexibility index (Phi) is 8.68. The molecule has 0 N–H and O–H groups in total. The van der Waals surface area contributed by atoms with Crippen molar-refractivity contribution in [3.05, 3.63) is 54.6 Å². The normalized spacial score (nSPS) is 11.3. The van der Waals surface area contributed by atoms with Crippen LogP contribution in [0.3, 0.4) is 0 Å². The number of benzene rings is 3. The van der Waals surface area contributed by atoms with Crippen LogP contribution in [0.4, 0.5) is 0 Å². The van der Waals surface area contributed by atoms with Crippen molar-refractivity contribution in [3.63, 3.8) is 0 Å². The minimum absolute atomic E-state index is 0.397. The van der Waals surface area contributed by atoms with Crippen LogP contribution >= 0.6 is 0 Å². The predicted octanol–water partition coefficient (Wildman–Crippen LogP) is 2.00. The third kappa shape index (κ3) is 5.10. The predicted molar refractivity (Wildman–Crippen MR) is 136 cm³/mol. The van der Waals surface area contributed by atoms with Crippen LogP contribution in [-0.2, 0) is 7.61 Å². The molecule has 35 heavy (non-hydrogen) atoms. The molecule has 188 valence electrons. The van der Waals surface area contributed by atoms with Crippen LogP contribution in [0.5, 0.6) is 34.5 Å². The second kappa shape index (κ2) is 11.5. The molecule has 3 rings (SSSR count). The van der Waals surface area contributed by atoms with E-state index < -0.39 is 26.7 Å². The Hall–Kier alpha value is -3.19. The van der Waals surface area contributed by atoms with Gasteiger partial charge in [-0.05, 0) is 0 Å². The van der Waals surface area contributed by atoms with Crippen molar-refractivity contribution in [1.29, 1.82) is 0 Å². The van der Waals surface area contributed by atoms with Gasteiger partial charge in [-0.25, -0.2) is 0 Å². The van der Waals surface area contributed by atoms with Crippen molar-refractivity contribution >= 4 is 36.5 Å². The van der Waals surface area contributed by atoms with E-state index in [1.807, 2.05) is 54.6 Å². The second-order valence-corrected chi connectivity index (χ2v) is 20.3. The SMILES string of the molecule is COc1cc[c]([BiH]([O]C(C)=O)([c]2ccc(OC)c(OC)c2)[c]2ccc(OC)c(OC)c2)cc1OC. The monoisotopic (exact) mass is 680 g/mol. The van der Waals surface area contributed by atoms with E-state index in [-0.39, 0.29) is 0 Å². The summed E-state index contributed by atoms with van der Waals surface area (Å²) in [7, 11) is 9.42. The molecule has 0 unspecified atom stereocenters. The summed E-state index contributed by atoms with van der Waals surface area (Å²) in [5.74, 6) is 2.90. The quantitative estimate of drug-likeness (QED) is 0.301. The van der Waals surface area contributed by atoms with E-state index in [1.165, 1.54) is 6.92 Å². The Balaban J connectivity index is 2.45. The van der Waals surface area contributed by atoms with E-state index in [0.717, 1.165) is 9.81 Å². The van der Waals surface area contributed by atoms with Gasteiger partial charge in [0.05, 0.1) is 0 Å². The van der Waals surface area contributed by atoms with Crippen molar-refractivity contribution in [2.24, 2.45) is 0 Å². The van der Waals surface area contributed by atoms with Gasteiger partial charge in [0.25, 0.3) is 0 Å². The molecule has 0 heterocycles. The van der Waals surface area contributed by atoms with E-state index in [9.17, 15) is 4.79 Å². The Morgan fingerprint density at radius 3 is 1.03 bits per heavy atom. The van der Waals surface area contributed by atoms with Gasteiger partial charge in [0, 0.05) is 0 Å². The van der Waals surface area contributed by atoms with Crippen LogP contribution in [0, 0.1) is 0 Å². The molecule has 0 aliphatic rings. The molecule has 0 fully saturated rings. The number of ether oxygens (including phenoxy) is 6. The summed E-state index contributed by atoms with van der Waals surface area (Å²) in [6, 6.07) is 16.8. The first kappa shape index (κ1) is 26.4. The maximum absolute atomic E-state index is 12.7. The maximum atomic E-state index is 12.7. The Morgan fingerprint density at radius 2 is 0.800 bits per heavy atom. The fourth-order valence-electron chi connectivity index (χ4n) is 4.06. The second-order valence-electron chi connectivity index (χ2n) is 7.48. The molecule has 0 atom stereocenters. The molecule has 0 spiro atoms. The third-order valence-electron chi connectivity index (χ3n) is 5.67. The van der Waals surface area contributed by atoms with Gasteiger partial charge in [-0.3, -0.25) is 0 Å². The molecular weight excluding hydrogens is 649 g/mol. The summed E-state index contributed by atoms with van der Waals surface area (Å²) in [5.41, 5.74) is 0. The van der Waals surface area contributed by atoms with Crippen molar-refractivity contribution in [2.75, 3.05) is 42.7 Å². The van der Waals surface area contributed by atoms with E-state index in [1.54, 1.807) is 42.7 Å². The topological polar surface area (TPSA) is 81.7 Å². The number of rotatable bonds is 10. The Morgan fingerprint density at radius 1 is 0.514 bits per heavy atom. The molecule has 0 aliphatic heterocycles. The van der Waals surface area contributed by atoms with Crippen LogP contribution in [0.15, 0.2) is 54.6 Å². The first-order valence-corrected chi connectivity index (χ1v) is 18.2. The van der Waals surface area contributed by atoms with Crippen LogP contribution in [0.1, 0.15) is 6.92 Å². The molecule has 0 aromatic heterocycles. The summed E-state index contributed by atoms with van der Waals surface area (Å²) in [6.07, 6.45) is 0. The summed E-state index contributed by atoms with van der Waals surface area (Å²) < 4.78 is 42.0. The van der Waals surface area contributed by atoms with Crippen molar-refractivity contribution in [3.8, 4) is 34.5 Å². The molecule has 0 radical (unpaired) electrons. The minimum atomic E-state index is -4.74. The summed E-state index contributed by atoms with van der Waals surface area (Å²) in [6.45, 7) is 1.41. The standard InChI is InChI=1S/3C8H9O2.C2H4O2.Bi.H/c3*1-9-7-5-3-4-6-8(7)10-2;1-2(3)4;;/h3*3,5-6H,1-2H3;1H3,(H,3,4);;/q;;;;+1;/p-1. The van der Waals surface area contributed by atoms with Crippen molar-refractivity contribution in [1.82, 2.24) is 0 Å². The molecule has 0 saturated heterocycles. The molecule has 3 aromatic rings. The van der Waals surface area contributed by atoms with E-state index in [2.05, 4.69) is 0 Å². The third-order valence-corrected chi connectivity index (χ3v) is 21.1. The van der Waals surface area contributed by atoms with E-state index >= 15 is 0 Å². The first-order chi connectivity index (χ1) is 16.9. The van der Waals surface area contributed by atoms with Gasteiger partial charge in [-0.1, -0.05) is 0 Å². The zero-order valence-electron chi connectivity index (χ0n) is 21.0. The summed E-state index contributed by atoms with van der Waals surface area (Å²) >= 11 is -4.74. The average Bonchev–Trinajstić information content (AvgIpc) is 2.90. The van der Waals surface area contributed by atoms with Gasteiger partial charge in [-0.2, -0.15) is 0 Å². The Bertz CT molecular complexity index is 1060. The molecule has 8 nitrogen and oxygen atoms in total. The zero-order chi connectivity index (χ0) is 25.6. The van der Waals surface area contributed by atoms with Gasteiger partial charge in [0.1, 0.15) is 0 Å². The zero-order valence-corrected chi connectivity index (χ0v) is 24.8. The van der Waals surface area contributed by atoms with Gasteiger partial charge in [-0.15, -0.1) is 0 Å². The fraction of sp³-hybridized carbons (Fsp3) is 0.269. The number of methoxy groups -OCH3 is 6. The van der Waals surface area contributed by atoms with Gasteiger partial charge in [0.15, 0.2) is 0 Å². The summed E-state index contributed by atoms with van der Waals surface area (Å²) in [5, 5.41) is 0.